The molecule has 1 N–H and O–H groups in total. The molecule has 0 saturated carbocycles. The number of aromatic nitrogens is 2. The van der Waals surface area contributed by atoms with Crippen molar-refractivity contribution in [2.75, 3.05) is 0 Å². The molecule has 0 radical (unpaired) electrons. The number of imidazole rings is 1. The summed E-state index contributed by atoms with van der Waals surface area (Å²) in [4.78, 5) is 6.79. The van der Waals surface area contributed by atoms with Gasteiger partial charge in [-0.3, -0.25) is 0 Å². The Morgan fingerprint density at radius 2 is 2.31 bits per heavy atom. The normalized spacial score (nSPS) is 12.9. The summed E-state index contributed by atoms with van der Waals surface area (Å²) >= 11 is 1.83. The van der Waals surface area contributed by atoms with E-state index in [0.29, 0.717) is 6.04 Å². The average Bonchev–Trinajstić information content (AvgIpc) is 2.86. The molecule has 2 aromatic rings. The van der Waals surface area contributed by atoms with Gasteiger partial charge in [-0.05, 0) is 26.0 Å². The monoisotopic (exact) mass is 236 g/mol. The standard InChI is InChI=1S/C12H16N2OS/c1-9(5-12-4-3-10(2)16-12)14-8-13-6-11(14)7-15/h3-4,6,8-9,15H,5,7H2,1-2H3. The van der Waals surface area contributed by atoms with Crippen molar-refractivity contribution in [2.45, 2.75) is 32.9 Å². The summed E-state index contributed by atoms with van der Waals surface area (Å²) in [6, 6.07) is 4.65. The van der Waals surface area contributed by atoms with Crippen LogP contribution in [0.5, 0.6) is 0 Å². The number of aliphatic hydroxyl groups is 1. The van der Waals surface area contributed by atoms with Crippen LogP contribution in [0, 0.1) is 6.92 Å². The summed E-state index contributed by atoms with van der Waals surface area (Å²) in [5, 5.41) is 9.17. The number of aryl methyl sites for hydroxylation is 1. The van der Waals surface area contributed by atoms with Crippen LogP contribution in [0.15, 0.2) is 24.7 Å². The summed E-state index contributed by atoms with van der Waals surface area (Å²) in [6.45, 7) is 4.32. The number of hydrogen-bond acceptors (Lipinski definition) is 3. The minimum Gasteiger partial charge on any atom is -0.390 e. The molecule has 1 unspecified atom stereocenters. The summed E-state index contributed by atoms with van der Waals surface area (Å²) in [5.74, 6) is 0. The van der Waals surface area contributed by atoms with Crippen LogP contribution in [0.1, 0.15) is 28.4 Å². The third-order valence-corrected chi connectivity index (χ3v) is 3.70. The SMILES string of the molecule is Cc1ccc(CC(C)n2cncc2CO)s1. The Morgan fingerprint density at radius 3 is 2.94 bits per heavy atom. The van der Waals surface area contributed by atoms with Crippen LogP contribution >= 0.6 is 11.3 Å². The fourth-order valence-electron chi connectivity index (χ4n) is 1.84. The van der Waals surface area contributed by atoms with Gasteiger partial charge in [0.1, 0.15) is 0 Å². The molecular weight excluding hydrogens is 220 g/mol. The molecule has 0 aliphatic rings. The molecule has 0 saturated heterocycles. The third kappa shape index (κ3) is 2.33. The first-order valence-electron chi connectivity index (χ1n) is 5.37. The fraction of sp³-hybridized carbons (Fsp3) is 0.417. The first kappa shape index (κ1) is 11.4. The zero-order valence-corrected chi connectivity index (χ0v) is 10.4. The second-order valence-electron chi connectivity index (χ2n) is 4.02. The van der Waals surface area contributed by atoms with Crippen LogP contribution in [-0.4, -0.2) is 14.7 Å². The number of nitrogens with zero attached hydrogens (tertiary/aromatic N) is 2. The molecule has 0 fully saturated rings. The van der Waals surface area contributed by atoms with E-state index in [1.165, 1.54) is 9.75 Å². The van der Waals surface area contributed by atoms with Gasteiger partial charge in [-0.1, -0.05) is 0 Å². The highest BCUT2D eigenvalue weighted by molar-refractivity contribution is 7.11. The maximum atomic E-state index is 9.17. The van der Waals surface area contributed by atoms with Gasteiger partial charge in [0, 0.05) is 22.2 Å². The Bertz CT molecular complexity index is 461. The van der Waals surface area contributed by atoms with Crippen molar-refractivity contribution in [3.05, 3.63) is 40.1 Å². The van der Waals surface area contributed by atoms with Crippen molar-refractivity contribution >= 4 is 11.3 Å². The van der Waals surface area contributed by atoms with E-state index in [0.717, 1.165) is 12.1 Å². The van der Waals surface area contributed by atoms with Crippen LogP contribution in [0.4, 0.5) is 0 Å². The second-order valence-corrected chi connectivity index (χ2v) is 5.39. The maximum Gasteiger partial charge on any atom is 0.0951 e. The van der Waals surface area contributed by atoms with Gasteiger partial charge < -0.3 is 9.67 Å². The van der Waals surface area contributed by atoms with Crippen molar-refractivity contribution < 1.29 is 5.11 Å². The maximum absolute atomic E-state index is 9.17. The molecule has 0 spiro atoms. The zero-order chi connectivity index (χ0) is 11.5. The first-order valence-corrected chi connectivity index (χ1v) is 6.19. The molecule has 0 bridgehead atoms. The van der Waals surface area contributed by atoms with E-state index in [9.17, 15) is 0 Å². The number of thiophene rings is 1. The predicted molar refractivity (Wildman–Crippen MR) is 65.6 cm³/mol. The molecular formula is C12H16N2OS. The molecule has 0 aromatic carbocycles. The smallest absolute Gasteiger partial charge is 0.0951 e. The van der Waals surface area contributed by atoms with E-state index in [1.807, 2.05) is 15.9 Å². The van der Waals surface area contributed by atoms with Gasteiger partial charge in [0.2, 0.25) is 0 Å². The van der Waals surface area contributed by atoms with Crippen LogP contribution in [0.2, 0.25) is 0 Å². The molecule has 0 amide bonds. The number of rotatable bonds is 4. The van der Waals surface area contributed by atoms with E-state index in [2.05, 4.69) is 31.0 Å². The van der Waals surface area contributed by atoms with Crippen molar-refractivity contribution in [1.82, 2.24) is 9.55 Å². The van der Waals surface area contributed by atoms with E-state index >= 15 is 0 Å². The van der Waals surface area contributed by atoms with E-state index in [1.54, 1.807) is 12.5 Å². The quantitative estimate of drug-likeness (QED) is 0.886. The first-order chi connectivity index (χ1) is 7.70. The molecule has 2 rings (SSSR count). The Labute approximate surface area is 99.4 Å². The molecule has 0 aliphatic heterocycles. The largest absolute Gasteiger partial charge is 0.390 e. The Kier molecular flexibility index (Phi) is 3.41. The average molecular weight is 236 g/mol. The van der Waals surface area contributed by atoms with Crippen molar-refractivity contribution in [1.29, 1.82) is 0 Å². The molecule has 16 heavy (non-hydrogen) atoms. The van der Waals surface area contributed by atoms with Crippen LogP contribution in [0.25, 0.3) is 0 Å². The van der Waals surface area contributed by atoms with Gasteiger partial charge in [0.15, 0.2) is 0 Å². The Hall–Kier alpha value is -1.13. The summed E-state index contributed by atoms with van der Waals surface area (Å²) in [6.07, 6.45) is 4.49. The fourth-order valence-corrected chi connectivity index (χ4v) is 2.85. The molecule has 3 nitrogen and oxygen atoms in total. The highest BCUT2D eigenvalue weighted by Gasteiger charge is 2.10. The van der Waals surface area contributed by atoms with Gasteiger partial charge in [0.25, 0.3) is 0 Å². The third-order valence-electron chi connectivity index (χ3n) is 2.68. The molecule has 2 aromatic heterocycles. The molecule has 4 heteroatoms. The van der Waals surface area contributed by atoms with Crippen LogP contribution < -0.4 is 0 Å². The minimum absolute atomic E-state index is 0.0494. The molecule has 0 aliphatic carbocycles. The van der Waals surface area contributed by atoms with Gasteiger partial charge in [-0.25, -0.2) is 4.98 Å². The van der Waals surface area contributed by atoms with Crippen LogP contribution in [0.3, 0.4) is 0 Å². The van der Waals surface area contributed by atoms with Crippen molar-refractivity contribution in [3.8, 4) is 0 Å². The number of hydrogen-bond donors (Lipinski definition) is 1. The molecule has 1 atom stereocenters. The van der Waals surface area contributed by atoms with Gasteiger partial charge in [-0.15, -0.1) is 11.3 Å². The summed E-state index contributed by atoms with van der Waals surface area (Å²) in [5.41, 5.74) is 0.876. The highest BCUT2D eigenvalue weighted by Crippen LogP contribution is 2.22. The highest BCUT2D eigenvalue weighted by atomic mass is 32.1. The summed E-state index contributed by atoms with van der Waals surface area (Å²) in [7, 11) is 0. The lowest BCUT2D eigenvalue weighted by Gasteiger charge is -2.14. The topological polar surface area (TPSA) is 38.0 Å². The van der Waals surface area contributed by atoms with Crippen LogP contribution in [-0.2, 0) is 13.0 Å². The summed E-state index contributed by atoms with van der Waals surface area (Å²) < 4.78 is 2.04. The van der Waals surface area contributed by atoms with Gasteiger partial charge >= 0.3 is 0 Å². The zero-order valence-electron chi connectivity index (χ0n) is 9.55. The van der Waals surface area contributed by atoms with Gasteiger partial charge in [0.05, 0.1) is 24.8 Å². The lowest BCUT2D eigenvalue weighted by molar-refractivity contribution is 0.267. The van der Waals surface area contributed by atoms with Gasteiger partial charge in [-0.2, -0.15) is 0 Å². The van der Waals surface area contributed by atoms with E-state index in [-0.39, 0.29) is 6.61 Å². The predicted octanol–water partition coefficient (Wildman–Crippen LogP) is 2.55. The minimum atomic E-state index is 0.0494. The van der Waals surface area contributed by atoms with Crippen molar-refractivity contribution in [2.24, 2.45) is 0 Å². The molecule has 2 heterocycles. The lowest BCUT2D eigenvalue weighted by Crippen LogP contribution is -2.09. The molecule has 86 valence electrons. The number of aliphatic hydroxyl groups excluding tert-OH is 1. The lowest BCUT2D eigenvalue weighted by atomic mass is 10.2. The Morgan fingerprint density at radius 1 is 1.50 bits per heavy atom. The second kappa shape index (κ2) is 4.80. The van der Waals surface area contributed by atoms with E-state index < -0.39 is 0 Å². The van der Waals surface area contributed by atoms with Crippen molar-refractivity contribution in [3.63, 3.8) is 0 Å². The van der Waals surface area contributed by atoms with E-state index in [4.69, 9.17) is 5.11 Å². The Balaban J connectivity index is 2.11.